The van der Waals surface area contributed by atoms with Crippen molar-refractivity contribution in [3.63, 3.8) is 0 Å². The van der Waals surface area contributed by atoms with E-state index in [4.69, 9.17) is 5.73 Å². The minimum absolute atomic E-state index is 0.0482. The van der Waals surface area contributed by atoms with Gasteiger partial charge < -0.3 is 11.1 Å². The van der Waals surface area contributed by atoms with Gasteiger partial charge in [-0.25, -0.2) is 4.39 Å². The summed E-state index contributed by atoms with van der Waals surface area (Å²) in [6.45, 7) is 0. The molecule has 2 saturated carbocycles. The van der Waals surface area contributed by atoms with Crippen LogP contribution in [0.15, 0.2) is 42.5 Å². The number of benzene rings is 2. The Bertz CT molecular complexity index is 945. The van der Waals surface area contributed by atoms with Gasteiger partial charge in [0, 0.05) is 28.3 Å². The number of nitrogens with one attached hydrogen (secondary N) is 1. The predicted molar refractivity (Wildman–Crippen MR) is 113 cm³/mol. The van der Waals surface area contributed by atoms with E-state index < -0.39 is 5.91 Å². The topological polar surface area (TPSA) is 55.1 Å². The van der Waals surface area contributed by atoms with Gasteiger partial charge in [0.25, 0.3) is 0 Å². The molecule has 0 heterocycles. The Morgan fingerprint density at radius 2 is 1.69 bits per heavy atom. The number of rotatable bonds is 5. The maximum absolute atomic E-state index is 13.1. The molecule has 0 bridgehead atoms. The number of carbonyl (C=O) groups excluding carboxylic acids is 1. The van der Waals surface area contributed by atoms with Crippen molar-refractivity contribution >= 4 is 5.91 Å². The number of hydrogen-bond donors (Lipinski definition) is 2. The Labute approximate surface area is 171 Å². The molecule has 4 rings (SSSR count). The number of nitrogens with two attached hydrogens (primary N) is 1. The van der Waals surface area contributed by atoms with Gasteiger partial charge in [0.2, 0.25) is 5.91 Å². The van der Waals surface area contributed by atoms with E-state index in [1.54, 1.807) is 18.2 Å². The van der Waals surface area contributed by atoms with Gasteiger partial charge in [-0.3, -0.25) is 4.79 Å². The first kappa shape index (κ1) is 19.7. The molecule has 0 radical (unpaired) electrons. The summed E-state index contributed by atoms with van der Waals surface area (Å²) in [6, 6.07) is 12.4. The highest BCUT2D eigenvalue weighted by molar-refractivity contribution is 5.94. The van der Waals surface area contributed by atoms with Crippen LogP contribution >= 0.6 is 0 Å². The molecule has 2 fully saturated rings. The average Bonchev–Trinajstić information content (AvgIpc) is 3.52. The molecule has 2 aromatic carbocycles. The lowest BCUT2D eigenvalue weighted by Crippen LogP contribution is -2.50. The molecule has 4 heteroatoms. The molecule has 2 aliphatic carbocycles. The second kappa shape index (κ2) is 8.39. The van der Waals surface area contributed by atoms with Gasteiger partial charge in [-0.1, -0.05) is 31.1 Å². The Hall–Kier alpha value is -2.64. The van der Waals surface area contributed by atoms with Crippen molar-refractivity contribution in [1.82, 2.24) is 5.32 Å². The summed E-state index contributed by atoms with van der Waals surface area (Å²) < 4.78 is 13.1. The van der Waals surface area contributed by atoms with Crippen molar-refractivity contribution in [3.8, 4) is 11.8 Å². The quantitative estimate of drug-likeness (QED) is 0.747. The zero-order chi connectivity index (χ0) is 20.3. The molecule has 0 spiro atoms. The predicted octanol–water partition coefficient (Wildman–Crippen LogP) is 4.32. The van der Waals surface area contributed by atoms with Crippen molar-refractivity contribution < 1.29 is 9.18 Å². The molecule has 150 valence electrons. The molecular weight excluding hydrogens is 363 g/mol. The zero-order valence-electron chi connectivity index (χ0n) is 16.6. The lowest BCUT2D eigenvalue weighted by Gasteiger charge is -2.39. The zero-order valence-corrected chi connectivity index (χ0v) is 16.6. The molecule has 3 N–H and O–H groups in total. The normalized spacial score (nSPS) is 18.0. The Morgan fingerprint density at radius 1 is 1.03 bits per heavy atom. The fraction of sp³-hybridized carbons (Fsp3) is 0.400. The van der Waals surface area contributed by atoms with Crippen molar-refractivity contribution in [3.05, 3.63) is 70.5 Å². The maximum Gasteiger partial charge on any atom is 0.248 e. The molecule has 0 unspecified atom stereocenters. The average molecular weight is 391 g/mol. The van der Waals surface area contributed by atoms with E-state index >= 15 is 0 Å². The molecule has 2 aromatic rings. The van der Waals surface area contributed by atoms with Gasteiger partial charge in [0.15, 0.2) is 0 Å². The Morgan fingerprint density at radius 3 is 2.34 bits per heavy atom. The second-order valence-electron chi connectivity index (χ2n) is 8.43. The first-order valence-corrected chi connectivity index (χ1v) is 10.5. The maximum atomic E-state index is 13.1. The molecule has 29 heavy (non-hydrogen) atoms. The molecule has 0 atom stereocenters. The molecule has 3 nitrogen and oxygen atoms in total. The number of amides is 1. The summed E-state index contributed by atoms with van der Waals surface area (Å²) in [5.41, 5.74) is 8.87. The third-order valence-corrected chi connectivity index (χ3v) is 5.99. The van der Waals surface area contributed by atoms with Crippen LogP contribution in [-0.4, -0.2) is 17.5 Å². The SMILES string of the molecule is NC(=O)c1ccc(C#Cc2ccc(F)cc2)cc1CC1(NC2CC2)CCCCC1. The van der Waals surface area contributed by atoms with E-state index in [2.05, 4.69) is 17.2 Å². The summed E-state index contributed by atoms with van der Waals surface area (Å²) >= 11 is 0. The molecule has 0 aliphatic heterocycles. The molecular formula is C25H27FN2O. The summed E-state index contributed by atoms with van der Waals surface area (Å²) in [7, 11) is 0. The lowest BCUT2D eigenvalue weighted by molar-refractivity contribution is 0.0998. The molecule has 0 saturated heterocycles. The van der Waals surface area contributed by atoms with Crippen LogP contribution in [0.2, 0.25) is 0 Å². The second-order valence-corrected chi connectivity index (χ2v) is 8.43. The lowest BCUT2D eigenvalue weighted by atomic mass is 9.76. The Kier molecular flexibility index (Phi) is 5.69. The van der Waals surface area contributed by atoms with Crippen molar-refractivity contribution in [2.45, 2.75) is 62.9 Å². The van der Waals surface area contributed by atoms with Crippen LogP contribution in [0.25, 0.3) is 0 Å². The van der Waals surface area contributed by atoms with Gasteiger partial charge in [0.1, 0.15) is 5.82 Å². The minimum atomic E-state index is -0.393. The van der Waals surface area contributed by atoms with Crippen molar-refractivity contribution in [2.24, 2.45) is 5.73 Å². The number of carbonyl (C=O) groups is 1. The van der Waals surface area contributed by atoms with Gasteiger partial charge in [-0.2, -0.15) is 0 Å². The summed E-state index contributed by atoms with van der Waals surface area (Å²) in [5, 5.41) is 3.88. The van der Waals surface area contributed by atoms with Crippen LogP contribution in [0.1, 0.15) is 72.0 Å². The molecule has 2 aliphatic rings. The van der Waals surface area contributed by atoms with E-state index in [9.17, 15) is 9.18 Å². The third-order valence-electron chi connectivity index (χ3n) is 5.99. The smallest absolute Gasteiger partial charge is 0.248 e. The van der Waals surface area contributed by atoms with Crippen molar-refractivity contribution in [2.75, 3.05) is 0 Å². The van der Waals surface area contributed by atoms with Crippen LogP contribution in [0, 0.1) is 17.7 Å². The molecule has 1 amide bonds. The molecule has 0 aromatic heterocycles. The summed E-state index contributed by atoms with van der Waals surface area (Å²) in [4.78, 5) is 12.1. The monoisotopic (exact) mass is 390 g/mol. The van der Waals surface area contributed by atoms with E-state index in [0.29, 0.717) is 11.6 Å². The van der Waals surface area contributed by atoms with Gasteiger partial charge in [0.05, 0.1) is 0 Å². The highest BCUT2D eigenvalue weighted by atomic mass is 19.1. The van der Waals surface area contributed by atoms with E-state index in [1.807, 2.05) is 12.1 Å². The van der Waals surface area contributed by atoms with E-state index in [-0.39, 0.29) is 11.4 Å². The van der Waals surface area contributed by atoms with Crippen molar-refractivity contribution in [1.29, 1.82) is 0 Å². The highest BCUT2D eigenvalue weighted by Gasteiger charge is 2.37. The Balaban J connectivity index is 1.62. The van der Waals surface area contributed by atoms with Gasteiger partial charge in [-0.15, -0.1) is 0 Å². The van der Waals surface area contributed by atoms with Crippen LogP contribution in [0.5, 0.6) is 0 Å². The minimum Gasteiger partial charge on any atom is -0.366 e. The van der Waals surface area contributed by atoms with Gasteiger partial charge >= 0.3 is 0 Å². The fourth-order valence-corrected chi connectivity index (χ4v) is 4.36. The fourth-order valence-electron chi connectivity index (χ4n) is 4.36. The first-order valence-electron chi connectivity index (χ1n) is 10.5. The first-order chi connectivity index (χ1) is 14.0. The summed E-state index contributed by atoms with van der Waals surface area (Å²) in [6.07, 6.45) is 9.26. The summed E-state index contributed by atoms with van der Waals surface area (Å²) in [5.74, 6) is 5.55. The van der Waals surface area contributed by atoms with E-state index in [0.717, 1.165) is 36.0 Å². The third kappa shape index (κ3) is 5.05. The van der Waals surface area contributed by atoms with Gasteiger partial charge in [-0.05, 0) is 80.1 Å². The van der Waals surface area contributed by atoms with E-state index in [1.165, 1.54) is 44.2 Å². The van der Waals surface area contributed by atoms with Crippen LogP contribution in [0.4, 0.5) is 4.39 Å². The number of primary amides is 1. The van der Waals surface area contributed by atoms with Crippen LogP contribution in [-0.2, 0) is 6.42 Å². The standard InChI is InChI=1S/C25H27FN2O/c26-21-9-6-18(7-10-21)4-5-19-8-13-23(24(27)29)20(16-19)17-25(28-22-11-12-22)14-2-1-3-15-25/h6-10,13,16,22,28H,1-3,11-12,14-15,17H2,(H2,27,29). The van der Waals surface area contributed by atoms with Crippen LogP contribution < -0.4 is 11.1 Å². The highest BCUT2D eigenvalue weighted by Crippen LogP contribution is 2.36. The largest absolute Gasteiger partial charge is 0.366 e. The number of halogens is 1. The number of hydrogen-bond acceptors (Lipinski definition) is 2. The van der Waals surface area contributed by atoms with Crippen LogP contribution in [0.3, 0.4) is 0 Å².